The lowest BCUT2D eigenvalue weighted by atomic mass is 9.96. The lowest BCUT2D eigenvalue weighted by Crippen LogP contribution is -2.30. The summed E-state index contributed by atoms with van der Waals surface area (Å²) < 4.78 is 0. The Labute approximate surface area is 97.0 Å². The maximum atomic E-state index is 4.39. The standard InChI is InChI=1S/C14H18N2/c1-3-16-9-12-6-13(16)7-14(12)11-5-4-10(2)15-8-11/h4-5,7-8,12-13H,3,6,9H2,1-2H3. The Bertz CT molecular complexity index is 419. The molecule has 1 saturated heterocycles. The Morgan fingerprint density at radius 3 is 2.88 bits per heavy atom. The molecule has 2 heteroatoms. The molecule has 0 amide bonds. The number of nitrogens with zero attached hydrogens (tertiary/aromatic N) is 2. The zero-order chi connectivity index (χ0) is 11.1. The molecule has 0 aromatic carbocycles. The van der Waals surface area contributed by atoms with Crippen molar-refractivity contribution in [2.45, 2.75) is 26.3 Å². The minimum Gasteiger partial charge on any atom is -0.297 e. The Hall–Kier alpha value is -1.15. The zero-order valence-electron chi connectivity index (χ0n) is 9.98. The van der Waals surface area contributed by atoms with Crippen LogP contribution in [-0.2, 0) is 0 Å². The minimum atomic E-state index is 0.686. The van der Waals surface area contributed by atoms with Gasteiger partial charge >= 0.3 is 0 Å². The Balaban J connectivity index is 1.88. The molecule has 2 aliphatic rings. The van der Waals surface area contributed by atoms with Crippen molar-refractivity contribution in [2.75, 3.05) is 13.1 Å². The second-order valence-electron chi connectivity index (χ2n) is 4.90. The molecule has 1 aliphatic carbocycles. The highest BCUT2D eigenvalue weighted by molar-refractivity contribution is 5.71. The predicted octanol–water partition coefficient (Wildman–Crippen LogP) is 2.50. The summed E-state index contributed by atoms with van der Waals surface area (Å²) >= 11 is 0. The van der Waals surface area contributed by atoms with Crippen molar-refractivity contribution in [1.29, 1.82) is 0 Å². The van der Waals surface area contributed by atoms with Crippen LogP contribution in [0.25, 0.3) is 5.57 Å². The van der Waals surface area contributed by atoms with Crippen LogP contribution in [0.1, 0.15) is 24.6 Å². The van der Waals surface area contributed by atoms with E-state index in [9.17, 15) is 0 Å². The van der Waals surface area contributed by atoms with Crippen molar-refractivity contribution in [3.05, 3.63) is 35.7 Å². The van der Waals surface area contributed by atoms with Crippen molar-refractivity contribution < 1.29 is 0 Å². The molecular formula is C14H18N2. The van der Waals surface area contributed by atoms with Crippen molar-refractivity contribution >= 4 is 5.57 Å². The first-order valence-electron chi connectivity index (χ1n) is 6.16. The van der Waals surface area contributed by atoms with Gasteiger partial charge in [-0.1, -0.05) is 19.1 Å². The first-order valence-corrected chi connectivity index (χ1v) is 6.16. The lowest BCUT2D eigenvalue weighted by Gasteiger charge is -2.24. The first kappa shape index (κ1) is 10.0. The fourth-order valence-electron chi connectivity index (χ4n) is 3.01. The van der Waals surface area contributed by atoms with E-state index in [2.05, 4.69) is 35.0 Å². The second kappa shape index (κ2) is 3.70. The topological polar surface area (TPSA) is 16.1 Å². The number of hydrogen-bond donors (Lipinski definition) is 0. The molecule has 2 bridgehead atoms. The SMILES string of the molecule is CCN1CC2CC1C=C2c1ccc(C)nc1. The fraction of sp³-hybridized carbons (Fsp3) is 0.500. The monoisotopic (exact) mass is 214 g/mol. The van der Waals surface area contributed by atoms with Gasteiger partial charge in [0, 0.05) is 24.5 Å². The summed E-state index contributed by atoms with van der Waals surface area (Å²) in [6.45, 7) is 6.71. The number of pyridine rings is 1. The zero-order valence-corrected chi connectivity index (χ0v) is 9.98. The highest BCUT2D eigenvalue weighted by atomic mass is 15.2. The fourth-order valence-corrected chi connectivity index (χ4v) is 3.01. The van der Waals surface area contributed by atoms with Crippen LogP contribution in [-0.4, -0.2) is 29.0 Å². The van der Waals surface area contributed by atoms with Crippen molar-refractivity contribution in [1.82, 2.24) is 9.88 Å². The number of likely N-dealkylation sites (N-methyl/N-ethyl adjacent to an activating group) is 1. The summed E-state index contributed by atoms with van der Waals surface area (Å²) in [6.07, 6.45) is 5.79. The summed E-state index contributed by atoms with van der Waals surface area (Å²) in [7, 11) is 0. The smallest absolute Gasteiger partial charge is 0.0373 e. The van der Waals surface area contributed by atoms with Gasteiger partial charge in [0.25, 0.3) is 0 Å². The number of likely N-dealkylation sites (tertiary alicyclic amines) is 1. The van der Waals surface area contributed by atoms with E-state index < -0.39 is 0 Å². The third kappa shape index (κ3) is 1.49. The number of aryl methyl sites for hydroxylation is 1. The Kier molecular flexibility index (Phi) is 2.32. The van der Waals surface area contributed by atoms with Gasteiger partial charge in [-0.15, -0.1) is 0 Å². The van der Waals surface area contributed by atoms with Crippen LogP contribution < -0.4 is 0 Å². The molecule has 2 nitrogen and oxygen atoms in total. The largest absolute Gasteiger partial charge is 0.297 e. The Morgan fingerprint density at radius 2 is 2.31 bits per heavy atom. The van der Waals surface area contributed by atoms with E-state index in [1.165, 1.54) is 30.6 Å². The quantitative estimate of drug-likeness (QED) is 0.752. The normalized spacial score (nSPS) is 28.5. The van der Waals surface area contributed by atoms with Crippen molar-refractivity contribution in [3.8, 4) is 0 Å². The molecule has 1 aromatic heterocycles. The molecular weight excluding hydrogens is 196 g/mol. The predicted molar refractivity (Wildman–Crippen MR) is 66.1 cm³/mol. The van der Waals surface area contributed by atoms with E-state index in [-0.39, 0.29) is 0 Å². The van der Waals surface area contributed by atoms with Crippen molar-refractivity contribution in [2.24, 2.45) is 5.92 Å². The van der Waals surface area contributed by atoms with Crippen molar-refractivity contribution in [3.63, 3.8) is 0 Å². The Morgan fingerprint density at radius 1 is 1.44 bits per heavy atom. The lowest BCUT2D eigenvalue weighted by molar-refractivity contribution is 0.297. The molecule has 0 spiro atoms. The number of rotatable bonds is 2. The minimum absolute atomic E-state index is 0.686. The van der Waals surface area contributed by atoms with E-state index in [0.29, 0.717) is 6.04 Å². The average molecular weight is 214 g/mol. The molecule has 1 aliphatic heterocycles. The summed E-state index contributed by atoms with van der Waals surface area (Å²) in [4.78, 5) is 6.96. The molecule has 16 heavy (non-hydrogen) atoms. The summed E-state index contributed by atoms with van der Waals surface area (Å²) in [5.74, 6) is 0.745. The first-order chi connectivity index (χ1) is 7.78. The molecule has 0 saturated carbocycles. The number of aromatic nitrogens is 1. The van der Waals surface area contributed by atoms with E-state index in [1.54, 1.807) is 0 Å². The van der Waals surface area contributed by atoms with Crippen LogP contribution in [0.5, 0.6) is 0 Å². The molecule has 1 fully saturated rings. The van der Waals surface area contributed by atoms with Gasteiger partial charge in [0.1, 0.15) is 0 Å². The molecule has 2 unspecified atom stereocenters. The summed E-state index contributed by atoms with van der Waals surface area (Å²) in [6, 6.07) is 5.01. The maximum absolute atomic E-state index is 4.39. The molecule has 3 rings (SSSR count). The molecule has 0 N–H and O–H groups in total. The van der Waals surface area contributed by atoms with E-state index in [1.807, 2.05) is 13.1 Å². The van der Waals surface area contributed by atoms with Gasteiger partial charge in [0.2, 0.25) is 0 Å². The average Bonchev–Trinajstić information content (AvgIpc) is 2.88. The van der Waals surface area contributed by atoms with Gasteiger partial charge in [-0.05, 0) is 43.0 Å². The highest BCUT2D eigenvalue weighted by Crippen LogP contribution is 2.41. The van der Waals surface area contributed by atoms with Gasteiger partial charge in [-0.25, -0.2) is 0 Å². The second-order valence-corrected chi connectivity index (χ2v) is 4.90. The number of fused-ring (bicyclic) bond motifs is 2. The van der Waals surface area contributed by atoms with Crippen LogP contribution in [0, 0.1) is 12.8 Å². The van der Waals surface area contributed by atoms with Crippen LogP contribution in [0.15, 0.2) is 24.4 Å². The maximum Gasteiger partial charge on any atom is 0.0373 e. The molecule has 2 heterocycles. The molecule has 0 radical (unpaired) electrons. The van der Waals surface area contributed by atoms with Crippen LogP contribution in [0.3, 0.4) is 0 Å². The van der Waals surface area contributed by atoms with Gasteiger partial charge in [0.15, 0.2) is 0 Å². The van der Waals surface area contributed by atoms with Crippen LogP contribution in [0.4, 0.5) is 0 Å². The third-order valence-corrected chi connectivity index (χ3v) is 3.91. The van der Waals surface area contributed by atoms with Gasteiger partial charge in [-0.2, -0.15) is 0 Å². The van der Waals surface area contributed by atoms with Crippen LogP contribution >= 0.6 is 0 Å². The third-order valence-electron chi connectivity index (χ3n) is 3.91. The molecule has 2 atom stereocenters. The van der Waals surface area contributed by atoms with E-state index in [4.69, 9.17) is 0 Å². The molecule has 84 valence electrons. The summed E-state index contributed by atoms with van der Waals surface area (Å²) in [5.41, 5.74) is 3.96. The van der Waals surface area contributed by atoms with Crippen LogP contribution in [0.2, 0.25) is 0 Å². The van der Waals surface area contributed by atoms with Gasteiger partial charge in [-0.3, -0.25) is 9.88 Å². The molecule has 1 aromatic rings. The summed E-state index contributed by atoms with van der Waals surface area (Å²) in [5, 5.41) is 0. The van der Waals surface area contributed by atoms with Gasteiger partial charge < -0.3 is 0 Å². The highest BCUT2D eigenvalue weighted by Gasteiger charge is 2.38. The number of hydrogen-bond acceptors (Lipinski definition) is 2. The van der Waals surface area contributed by atoms with E-state index in [0.717, 1.165) is 11.6 Å². The van der Waals surface area contributed by atoms with E-state index >= 15 is 0 Å². The van der Waals surface area contributed by atoms with Gasteiger partial charge in [0.05, 0.1) is 0 Å².